The summed E-state index contributed by atoms with van der Waals surface area (Å²) in [4.78, 5) is 34.3. The Bertz CT molecular complexity index is 759. The Balaban J connectivity index is 1.58. The minimum atomic E-state index is -1.04. The first kappa shape index (κ1) is 18.0. The Labute approximate surface area is 152 Å². The largest absolute Gasteiger partial charge is 0.388 e. The maximum atomic E-state index is 12.5. The highest BCUT2D eigenvalue weighted by Gasteiger charge is 2.39. The Morgan fingerprint density at radius 1 is 1.04 bits per heavy atom. The summed E-state index contributed by atoms with van der Waals surface area (Å²) in [7, 11) is 0. The zero-order chi connectivity index (χ0) is 18.6. The number of aliphatic hydroxyl groups is 1. The normalized spacial score (nSPS) is 17.4. The van der Waals surface area contributed by atoms with Gasteiger partial charge in [-0.25, -0.2) is 0 Å². The summed E-state index contributed by atoms with van der Waals surface area (Å²) >= 11 is 0. The highest BCUT2D eigenvalue weighted by Crippen LogP contribution is 2.27. The third-order valence-electron chi connectivity index (χ3n) is 4.94. The van der Waals surface area contributed by atoms with Gasteiger partial charge in [0, 0.05) is 49.0 Å². The van der Waals surface area contributed by atoms with Gasteiger partial charge in [-0.1, -0.05) is 0 Å². The van der Waals surface area contributed by atoms with Crippen LogP contribution in [0.4, 0.5) is 0 Å². The fraction of sp³-hybridized carbons (Fsp3) is 0.368. The molecule has 7 heteroatoms. The molecular weight excluding hydrogens is 332 g/mol. The van der Waals surface area contributed by atoms with Crippen molar-refractivity contribution in [1.29, 1.82) is 0 Å². The molecular formula is C19H22N4O3. The van der Waals surface area contributed by atoms with E-state index in [1.165, 1.54) is 0 Å². The van der Waals surface area contributed by atoms with Crippen LogP contribution >= 0.6 is 0 Å². The molecule has 1 fully saturated rings. The number of pyridine rings is 2. The standard InChI is InChI=1S/C19H22N4O3/c1-14(22-17(24)15-2-8-20-9-3-15)19(26)6-12-23(13-7-19)18(25)16-4-10-21-11-5-16/h2-5,8-11,14,26H,6-7,12-13H2,1H3,(H,22,24). The third kappa shape index (κ3) is 3.88. The van der Waals surface area contributed by atoms with Crippen molar-refractivity contribution in [3.8, 4) is 0 Å². The Morgan fingerprint density at radius 2 is 1.54 bits per heavy atom. The number of likely N-dealkylation sites (tertiary alicyclic amines) is 1. The predicted molar refractivity (Wildman–Crippen MR) is 95.5 cm³/mol. The van der Waals surface area contributed by atoms with Crippen LogP contribution < -0.4 is 5.32 Å². The average Bonchev–Trinajstić information content (AvgIpc) is 2.69. The first-order valence-electron chi connectivity index (χ1n) is 8.62. The number of hydrogen-bond donors (Lipinski definition) is 2. The van der Waals surface area contributed by atoms with Gasteiger partial charge in [-0.2, -0.15) is 0 Å². The molecule has 1 saturated heterocycles. The van der Waals surface area contributed by atoms with Crippen LogP contribution in [0.2, 0.25) is 0 Å². The molecule has 2 aromatic rings. The number of amides is 2. The van der Waals surface area contributed by atoms with Gasteiger partial charge >= 0.3 is 0 Å². The van der Waals surface area contributed by atoms with Crippen molar-refractivity contribution in [3.05, 3.63) is 60.2 Å². The summed E-state index contributed by atoms with van der Waals surface area (Å²) in [5, 5.41) is 13.8. The first-order chi connectivity index (χ1) is 12.5. The monoisotopic (exact) mass is 354 g/mol. The van der Waals surface area contributed by atoms with E-state index in [2.05, 4.69) is 15.3 Å². The van der Waals surface area contributed by atoms with Gasteiger partial charge in [0.25, 0.3) is 11.8 Å². The van der Waals surface area contributed by atoms with Crippen molar-refractivity contribution in [3.63, 3.8) is 0 Å². The number of rotatable bonds is 4. The predicted octanol–water partition coefficient (Wildman–Crippen LogP) is 1.26. The Morgan fingerprint density at radius 3 is 2.08 bits per heavy atom. The molecule has 0 aliphatic carbocycles. The lowest BCUT2D eigenvalue weighted by Gasteiger charge is -2.42. The molecule has 1 unspecified atom stereocenters. The smallest absolute Gasteiger partial charge is 0.253 e. The molecule has 1 aliphatic heterocycles. The molecule has 3 heterocycles. The summed E-state index contributed by atoms with van der Waals surface area (Å²) < 4.78 is 0. The van der Waals surface area contributed by atoms with Crippen LogP contribution in [-0.2, 0) is 0 Å². The van der Waals surface area contributed by atoms with Crippen molar-refractivity contribution >= 4 is 11.8 Å². The fourth-order valence-electron chi connectivity index (χ4n) is 3.12. The van der Waals surface area contributed by atoms with E-state index < -0.39 is 11.6 Å². The zero-order valence-electron chi connectivity index (χ0n) is 14.6. The van der Waals surface area contributed by atoms with E-state index in [1.807, 2.05) is 0 Å². The van der Waals surface area contributed by atoms with Crippen LogP contribution in [0.15, 0.2) is 49.1 Å². The lowest BCUT2D eigenvalue weighted by Crippen LogP contribution is -2.57. The number of carbonyl (C=O) groups is 2. The van der Waals surface area contributed by atoms with E-state index in [-0.39, 0.29) is 11.8 Å². The van der Waals surface area contributed by atoms with Crippen LogP contribution in [0.1, 0.15) is 40.5 Å². The summed E-state index contributed by atoms with van der Waals surface area (Å²) in [6.45, 7) is 2.67. The maximum Gasteiger partial charge on any atom is 0.253 e. The molecule has 0 radical (unpaired) electrons. The molecule has 0 saturated carbocycles. The van der Waals surface area contributed by atoms with E-state index in [4.69, 9.17) is 0 Å². The van der Waals surface area contributed by atoms with Gasteiger partial charge in [0.15, 0.2) is 0 Å². The molecule has 2 aromatic heterocycles. The van der Waals surface area contributed by atoms with Gasteiger partial charge in [0.2, 0.25) is 0 Å². The van der Waals surface area contributed by atoms with Crippen molar-refractivity contribution in [2.45, 2.75) is 31.4 Å². The van der Waals surface area contributed by atoms with Crippen LogP contribution in [0.5, 0.6) is 0 Å². The lowest BCUT2D eigenvalue weighted by atomic mass is 9.84. The zero-order valence-corrected chi connectivity index (χ0v) is 14.6. The number of nitrogens with zero attached hydrogens (tertiary/aromatic N) is 3. The second-order valence-corrected chi connectivity index (χ2v) is 6.56. The lowest BCUT2D eigenvalue weighted by molar-refractivity contribution is -0.0391. The highest BCUT2D eigenvalue weighted by atomic mass is 16.3. The molecule has 1 atom stereocenters. The molecule has 26 heavy (non-hydrogen) atoms. The summed E-state index contributed by atoms with van der Waals surface area (Å²) in [6.07, 6.45) is 7.09. The number of carbonyl (C=O) groups excluding carboxylic acids is 2. The summed E-state index contributed by atoms with van der Waals surface area (Å²) in [6, 6.07) is 6.19. The van der Waals surface area contributed by atoms with Crippen molar-refractivity contribution in [2.24, 2.45) is 0 Å². The van der Waals surface area contributed by atoms with E-state index in [0.29, 0.717) is 37.1 Å². The quantitative estimate of drug-likeness (QED) is 0.862. The summed E-state index contributed by atoms with van der Waals surface area (Å²) in [5.41, 5.74) is 0.0442. The van der Waals surface area contributed by atoms with Crippen molar-refractivity contribution < 1.29 is 14.7 Å². The van der Waals surface area contributed by atoms with Gasteiger partial charge in [-0.3, -0.25) is 19.6 Å². The molecule has 3 rings (SSSR count). The second kappa shape index (κ2) is 7.61. The van der Waals surface area contributed by atoms with Crippen LogP contribution in [-0.4, -0.2) is 56.5 Å². The Hall–Kier alpha value is -2.80. The minimum absolute atomic E-state index is 0.0667. The minimum Gasteiger partial charge on any atom is -0.388 e. The van der Waals surface area contributed by atoms with Gasteiger partial charge in [-0.15, -0.1) is 0 Å². The Kier molecular flexibility index (Phi) is 5.27. The second-order valence-electron chi connectivity index (χ2n) is 6.56. The summed E-state index contributed by atoms with van der Waals surface area (Å²) in [5.74, 6) is -0.313. The van der Waals surface area contributed by atoms with Crippen molar-refractivity contribution in [1.82, 2.24) is 20.2 Å². The number of hydrogen-bond acceptors (Lipinski definition) is 5. The third-order valence-corrected chi connectivity index (χ3v) is 4.94. The number of piperidine rings is 1. The van der Waals surface area contributed by atoms with E-state index in [1.54, 1.807) is 60.9 Å². The van der Waals surface area contributed by atoms with Crippen LogP contribution in [0.3, 0.4) is 0 Å². The molecule has 0 aromatic carbocycles. The van der Waals surface area contributed by atoms with Gasteiger partial charge in [0.05, 0.1) is 11.6 Å². The fourth-order valence-corrected chi connectivity index (χ4v) is 3.12. The highest BCUT2D eigenvalue weighted by molar-refractivity contribution is 5.94. The molecule has 2 N–H and O–H groups in total. The topological polar surface area (TPSA) is 95.4 Å². The number of nitrogens with one attached hydrogen (secondary N) is 1. The number of aromatic nitrogens is 2. The molecule has 0 spiro atoms. The van der Waals surface area contributed by atoms with Gasteiger partial charge < -0.3 is 15.3 Å². The van der Waals surface area contributed by atoms with Gasteiger partial charge in [0.1, 0.15) is 0 Å². The first-order valence-corrected chi connectivity index (χ1v) is 8.62. The van der Waals surface area contributed by atoms with Crippen molar-refractivity contribution in [2.75, 3.05) is 13.1 Å². The van der Waals surface area contributed by atoms with Gasteiger partial charge in [-0.05, 0) is 44.0 Å². The van der Waals surface area contributed by atoms with Crippen LogP contribution in [0.25, 0.3) is 0 Å². The molecule has 136 valence electrons. The molecule has 0 bridgehead atoms. The molecule has 1 aliphatic rings. The maximum absolute atomic E-state index is 12.5. The SMILES string of the molecule is CC(NC(=O)c1ccncc1)C1(O)CCN(C(=O)c2ccncc2)CC1. The van der Waals surface area contributed by atoms with E-state index >= 15 is 0 Å². The van der Waals surface area contributed by atoms with E-state index in [9.17, 15) is 14.7 Å². The molecule has 7 nitrogen and oxygen atoms in total. The molecule has 2 amide bonds. The van der Waals surface area contributed by atoms with E-state index in [0.717, 1.165) is 0 Å². The van der Waals surface area contributed by atoms with Crippen LogP contribution in [0, 0.1) is 0 Å². The average molecular weight is 354 g/mol.